The van der Waals surface area contributed by atoms with Gasteiger partial charge in [-0.05, 0) is 48.4 Å². The van der Waals surface area contributed by atoms with Crippen LogP contribution in [0, 0.1) is 11.8 Å². The van der Waals surface area contributed by atoms with Gasteiger partial charge in [0.05, 0.1) is 13.5 Å². The number of carbonyl (C=O) groups excluding carboxylic acids is 1. The van der Waals surface area contributed by atoms with E-state index < -0.39 is 5.60 Å². The summed E-state index contributed by atoms with van der Waals surface area (Å²) in [6, 6.07) is 18.0. The van der Waals surface area contributed by atoms with Crippen LogP contribution in [0.3, 0.4) is 0 Å². The Morgan fingerprint density at radius 1 is 1.04 bits per heavy atom. The van der Waals surface area contributed by atoms with Gasteiger partial charge in [0.1, 0.15) is 11.4 Å². The Balaban J connectivity index is 1.52. The highest BCUT2D eigenvalue weighted by molar-refractivity contribution is 5.73. The molecule has 4 rings (SSSR count). The van der Waals surface area contributed by atoms with E-state index in [2.05, 4.69) is 12.1 Å². The number of fused-ring (bicyclic) bond motifs is 1. The number of esters is 1. The average Bonchev–Trinajstić information content (AvgIpc) is 2.67. The molecule has 2 saturated carbocycles. The molecule has 0 aromatic heterocycles. The number of carbonyl (C=O) groups is 1. The number of benzene rings is 2. The molecule has 3 heteroatoms. The minimum Gasteiger partial charge on any atom is -0.497 e. The van der Waals surface area contributed by atoms with Crippen LogP contribution < -0.4 is 4.74 Å². The minimum atomic E-state index is -0.421. The first-order chi connectivity index (χ1) is 12.7. The second-order valence-corrected chi connectivity index (χ2v) is 7.61. The third-order valence-electron chi connectivity index (χ3n) is 6.14. The Bertz CT molecular complexity index is 753. The van der Waals surface area contributed by atoms with E-state index in [0.29, 0.717) is 18.3 Å². The van der Waals surface area contributed by atoms with Crippen molar-refractivity contribution in [1.82, 2.24) is 0 Å². The molecule has 0 N–H and O–H groups in total. The van der Waals surface area contributed by atoms with E-state index in [0.717, 1.165) is 29.7 Å². The molecule has 2 aliphatic carbocycles. The quantitative estimate of drug-likeness (QED) is 0.721. The van der Waals surface area contributed by atoms with E-state index in [1.165, 1.54) is 19.3 Å². The van der Waals surface area contributed by atoms with Crippen LogP contribution in [-0.2, 0) is 21.6 Å². The molecule has 3 nitrogen and oxygen atoms in total. The molecule has 0 bridgehead atoms. The molecule has 0 saturated heterocycles. The molecule has 2 aromatic rings. The van der Waals surface area contributed by atoms with Crippen molar-refractivity contribution in [1.29, 1.82) is 0 Å². The summed E-state index contributed by atoms with van der Waals surface area (Å²) in [5.41, 5.74) is 1.69. The van der Waals surface area contributed by atoms with Gasteiger partial charge in [-0.1, -0.05) is 55.3 Å². The Morgan fingerprint density at radius 2 is 1.77 bits per heavy atom. The minimum absolute atomic E-state index is 0.136. The van der Waals surface area contributed by atoms with Gasteiger partial charge in [0, 0.05) is 5.92 Å². The van der Waals surface area contributed by atoms with Crippen molar-refractivity contribution in [3.05, 3.63) is 65.7 Å². The number of ether oxygens (including phenoxy) is 2. The fourth-order valence-electron chi connectivity index (χ4n) is 4.82. The zero-order valence-electron chi connectivity index (χ0n) is 15.3. The van der Waals surface area contributed by atoms with Crippen molar-refractivity contribution >= 4 is 5.97 Å². The summed E-state index contributed by atoms with van der Waals surface area (Å²) in [5.74, 6) is 1.84. The summed E-state index contributed by atoms with van der Waals surface area (Å²) in [5, 5.41) is 0. The first-order valence-corrected chi connectivity index (χ1v) is 9.61. The fraction of sp³-hybridized carbons (Fsp3) is 0.435. The van der Waals surface area contributed by atoms with Gasteiger partial charge >= 0.3 is 5.97 Å². The van der Waals surface area contributed by atoms with E-state index >= 15 is 0 Å². The molecule has 0 spiro atoms. The van der Waals surface area contributed by atoms with Crippen LogP contribution in [0.2, 0.25) is 0 Å². The summed E-state index contributed by atoms with van der Waals surface area (Å²) in [7, 11) is 1.64. The highest BCUT2D eigenvalue weighted by Gasteiger charge is 2.57. The fourth-order valence-corrected chi connectivity index (χ4v) is 4.82. The van der Waals surface area contributed by atoms with Gasteiger partial charge in [-0.15, -0.1) is 0 Å². The molecular weight excluding hydrogens is 324 g/mol. The Labute approximate surface area is 155 Å². The second-order valence-electron chi connectivity index (χ2n) is 7.61. The van der Waals surface area contributed by atoms with Crippen molar-refractivity contribution in [2.75, 3.05) is 7.11 Å². The second kappa shape index (κ2) is 7.14. The monoisotopic (exact) mass is 350 g/mol. The van der Waals surface area contributed by atoms with Crippen LogP contribution in [0.1, 0.15) is 43.2 Å². The van der Waals surface area contributed by atoms with Crippen LogP contribution in [0.25, 0.3) is 0 Å². The molecule has 0 heterocycles. The zero-order valence-corrected chi connectivity index (χ0v) is 15.3. The first-order valence-electron chi connectivity index (χ1n) is 9.61. The van der Waals surface area contributed by atoms with E-state index in [4.69, 9.17) is 9.47 Å². The lowest BCUT2D eigenvalue weighted by Gasteiger charge is -2.56. The van der Waals surface area contributed by atoms with Crippen molar-refractivity contribution in [2.24, 2.45) is 11.8 Å². The van der Waals surface area contributed by atoms with Gasteiger partial charge in [0.2, 0.25) is 0 Å². The molecule has 2 fully saturated rings. The highest BCUT2D eigenvalue weighted by Crippen LogP contribution is 2.59. The summed E-state index contributed by atoms with van der Waals surface area (Å²) < 4.78 is 11.4. The predicted octanol–water partition coefficient (Wildman–Crippen LogP) is 4.89. The smallest absolute Gasteiger partial charge is 0.311 e. The largest absolute Gasteiger partial charge is 0.497 e. The maximum Gasteiger partial charge on any atom is 0.311 e. The van der Waals surface area contributed by atoms with Crippen LogP contribution in [-0.4, -0.2) is 13.1 Å². The SMILES string of the molecule is COc1ccc(CC(=O)O[C@@]2(c3ccccc3)C[C@@H]3CCCC[C@H]32)cc1. The number of rotatable bonds is 5. The molecule has 0 amide bonds. The Hall–Kier alpha value is -2.29. The van der Waals surface area contributed by atoms with E-state index in [1.54, 1.807) is 7.11 Å². The maximum atomic E-state index is 12.8. The lowest BCUT2D eigenvalue weighted by molar-refractivity contribution is -0.207. The van der Waals surface area contributed by atoms with Crippen molar-refractivity contribution in [3.63, 3.8) is 0 Å². The normalized spacial score (nSPS) is 27.1. The molecule has 0 radical (unpaired) electrons. The third kappa shape index (κ3) is 3.11. The first kappa shape index (κ1) is 17.1. The third-order valence-corrected chi connectivity index (χ3v) is 6.14. The summed E-state index contributed by atoms with van der Waals surface area (Å²) in [4.78, 5) is 12.8. The van der Waals surface area contributed by atoms with Crippen molar-refractivity contribution in [2.45, 2.75) is 44.1 Å². The summed E-state index contributed by atoms with van der Waals surface area (Å²) >= 11 is 0. The van der Waals surface area contributed by atoms with Crippen LogP contribution >= 0.6 is 0 Å². The molecular formula is C23H26O3. The molecule has 136 valence electrons. The van der Waals surface area contributed by atoms with Gasteiger partial charge < -0.3 is 9.47 Å². The van der Waals surface area contributed by atoms with Crippen LogP contribution in [0.15, 0.2) is 54.6 Å². The molecule has 0 aliphatic heterocycles. The van der Waals surface area contributed by atoms with Gasteiger partial charge in [-0.2, -0.15) is 0 Å². The lowest BCUT2D eigenvalue weighted by atomic mass is 9.53. The maximum absolute atomic E-state index is 12.8. The van der Waals surface area contributed by atoms with Crippen LogP contribution in [0.5, 0.6) is 5.75 Å². The van der Waals surface area contributed by atoms with E-state index in [9.17, 15) is 4.79 Å². The number of hydrogen-bond donors (Lipinski definition) is 0. The summed E-state index contributed by atoms with van der Waals surface area (Å²) in [6.07, 6.45) is 6.26. The molecule has 2 aliphatic rings. The average molecular weight is 350 g/mol. The van der Waals surface area contributed by atoms with Crippen molar-refractivity contribution < 1.29 is 14.3 Å². The molecule has 26 heavy (non-hydrogen) atoms. The Kier molecular flexibility index (Phi) is 4.71. The van der Waals surface area contributed by atoms with Crippen molar-refractivity contribution in [3.8, 4) is 5.75 Å². The Morgan fingerprint density at radius 3 is 2.46 bits per heavy atom. The van der Waals surface area contributed by atoms with Crippen LogP contribution in [0.4, 0.5) is 0 Å². The molecule has 2 aromatic carbocycles. The van der Waals surface area contributed by atoms with E-state index in [1.807, 2.05) is 42.5 Å². The predicted molar refractivity (Wildman–Crippen MR) is 101 cm³/mol. The highest BCUT2D eigenvalue weighted by atomic mass is 16.6. The van der Waals surface area contributed by atoms with Gasteiger partial charge in [0.25, 0.3) is 0 Å². The van der Waals surface area contributed by atoms with Gasteiger partial charge in [0.15, 0.2) is 0 Å². The molecule has 3 atom stereocenters. The molecule has 0 unspecified atom stereocenters. The summed E-state index contributed by atoms with van der Waals surface area (Å²) in [6.45, 7) is 0. The van der Waals surface area contributed by atoms with Gasteiger partial charge in [-0.3, -0.25) is 4.79 Å². The van der Waals surface area contributed by atoms with Gasteiger partial charge in [-0.25, -0.2) is 0 Å². The standard InChI is InChI=1S/C23H26O3/c1-25-20-13-11-17(12-14-20)15-22(24)26-23(19-8-3-2-4-9-19)16-18-7-5-6-10-21(18)23/h2-4,8-9,11-14,18,21H,5-7,10,15-16H2,1H3/t18-,21+,23+/m0/s1. The number of methoxy groups -OCH3 is 1. The number of hydrogen-bond acceptors (Lipinski definition) is 3. The van der Waals surface area contributed by atoms with E-state index in [-0.39, 0.29) is 5.97 Å². The topological polar surface area (TPSA) is 35.5 Å². The zero-order chi connectivity index (χ0) is 18.0. The lowest BCUT2D eigenvalue weighted by Crippen LogP contribution is -2.55.